The van der Waals surface area contributed by atoms with E-state index in [1.807, 2.05) is 10.8 Å². The highest BCUT2D eigenvalue weighted by molar-refractivity contribution is 5.80. The van der Waals surface area contributed by atoms with Gasteiger partial charge in [0, 0.05) is 19.2 Å². The van der Waals surface area contributed by atoms with Crippen LogP contribution in [-0.4, -0.2) is 38.4 Å². The zero-order chi connectivity index (χ0) is 19.2. The zero-order valence-electron chi connectivity index (χ0n) is 16.0. The molecule has 1 aliphatic rings. The van der Waals surface area contributed by atoms with E-state index in [4.69, 9.17) is 4.74 Å². The topological polar surface area (TPSA) is 93.5 Å². The van der Waals surface area contributed by atoms with Gasteiger partial charge in [-0.25, -0.2) is 14.6 Å². The van der Waals surface area contributed by atoms with Gasteiger partial charge in [-0.2, -0.15) is 0 Å². The van der Waals surface area contributed by atoms with Crippen LogP contribution in [0, 0.1) is 5.92 Å². The highest BCUT2D eigenvalue weighted by Crippen LogP contribution is 2.26. The number of aliphatic carboxylic acids is 1. The Morgan fingerprint density at radius 2 is 2.04 bits per heavy atom. The Kier molecular flexibility index (Phi) is 7.06. The fourth-order valence-electron chi connectivity index (χ4n) is 3.30. The van der Waals surface area contributed by atoms with Crippen molar-refractivity contribution in [1.29, 1.82) is 0 Å². The van der Waals surface area contributed by atoms with Crippen LogP contribution in [0.2, 0.25) is 0 Å². The number of hydrogen-bond acceptors (Lipinski definition) is 4. The lowest BCUT2D eigenvalue weighted by atomic mass is 9.87. The standard InChI is InChI=1S/C19H31N3O4/c1-19(2,3)26-18(25)21-16(17(23)24)11-15-12-22(13-20-15)10-9-14-7-5-4-6-8-14/h12-14,16H,4-11H2,1-3H3,(H,21,25)(H,23,24)/t16-/m0/s1. The SMILES string of the molecule is CC(C)(C)OC(=O)N[C@@H](Cc1cn(CCC2CCCCC2)cn1)C(=O)O. The fraction of sp³-hybridized carbons (Fsp3) is 0.737. The summed E-state index contributed by atoms with van der Waals surface area (Å²) in [6.45, 7) is 6.10. The maximum absolute atomic E-state index is 11.8. The predicted molar refractivity (Wildman–Crippen MR) is 97.9 cm³/mol. The van der Waals surface area contributed by atoms with Crippen molar-refractivity contribution >= 4 is 12.1 Å². The van der Waals surface area contributed by atoms with Crippen LogP contribution in [0.25, 0.3) is 0 Å². The maximum Gasteiger partial charge on any atom is 0.408 e. The van der Waals surface area contributed by atoms with E-state index in [2.05, 4.69) is 10.3 Å². The molecule has 1 saturated carbocycles. The summed E-state index contributed by atoms with van der Waals surface area (Å²) in [4.78, 5) is 27.6. The number of carboxylic acid groups (broad SMARTS) is 1. The molecule has 0 spiro atoms. The number of hydrogen-bond donors (Lipinski definition) is 2. The summed E-state index contributed by atoms with van der Waals surface area (Å²) < 4.78 is 7.14. The number of nitrogens with zero attached hydrogens (tertiary/aromatic N) is 2. The van der Waals surface area contributed by atoms with E-state index in [9.17, 15) is 14.7 Å². The Morgan fingerprint density at radius 1 is 1.35 bits per heavy atom. The van der Waals surface area contributed by atoms with E-state index in [1.165, 1.54) is 32.1 Å². The molecule has 1 aliphatic carbocycles. The molecule has 7 heteroatoms. The molecule has 1 fully saturated rings. The van der Waals surface area contributed by atoms with Crippen molar-refractivity contribution in [1.82, 2.24) is 14.9 Å². The summed E-state index contributed by atoms with van der Waals surface area (Å²) in [5.74, 6) is -0.317. The first-order chi connectivity index (χ1) is 12.2. The van der Waals surface area contributed by atoms with E-state index in [1.54, 1.807) is 27.1 Å². The van der Waals surface area contributed by atoms with Gasteiger partial charge in [-0.1, -0.05) is 32.1 Å². The number of rotatable bonds is 7. The van der Waals surface area contributed by atoms with Gasteiger partial charge in [-0.15, -0.1) is 0 Å². The smallest absolute Gasteiger partial charge is 0.408 e. The Bertz CT molecular complexity index is 600. The maximum atomic E-state index is 11.8. The average molecular weight is 365 g/mol. The van der Waals surface area contributed by atoms with E-state index in [0.717, 1.165) is 18.9 Å². The first-order valence-corrected chi connectivity index (χ1v) is 9.46. The van der Waals surface area contributed by atoms with Gasteiger partial charge in [0.2, 0.25) is 0 Å². The second kappa shape index (κ2) is 9.05. The second-order valence-corrected chi connectivity index (χ2v) is 8.14. The summed E-state index contributed by atoms with van der Waals surface area (Å²) in [6.07, 6.45) is 10.8. The molecule has 1 heterocycles. The van der Waals surface area contributed by atoms with Crippen molar-refractivity contribution in [2.24, 2.45) is 5.92 Å². The van der Waals surface area contributed by atoms with Gasteiger partial charge in [0.05, 0.1) is 12.0 Å². The minimum absolute atomic E-state index is 0.130. The number of carbonyl (C=O) groups excluding carboxylic acids is 1. The number of carbonyl (C=O) groups is 2. The first kappa shape index (κ1) is 20.3. The fourth-order valence-corrected chi connectivity index (χ4v) is 3.30. The molecule has 0 radical (unpaired) electrons. The highest BCUT2D eigenvalue weighted by atomic mass is 16.6. The minimum Gasteiger partial charge on any atom is -0.480 e. The number of ether oxygens (including phenoxy) is 1. The van der Waals surface area contributed by atoms with Gasteiger partial charge in [0.15, 0.2) is 0 Å². The number of aromatic nitrogens is 2. The van der Waals surface area contributed by atoms with Crippen LogP contribution in [0.15, 0.2) is 12.5 Å². The molecule has 1 atom stereocenters. The number of alkyl carbamates (subject to hydrolysis) is 1. The summed E-state index contributed by atoms with van der Waals surface area (Å²) in [5, 5.41) is 11.8. The molecule has 1 aromatic heterocycles. The van der Waals surface area contributed by atoms with Gasteiger partial charge in [-0.05, 0) is 33.1 Å². The molecular formula is C19H31N3O4. The Morgan fingerprint density at radius 3 is 2.65 bits per heavy atom. The van der Waals surface area contributed by atoms with Crippen molar-refractivity contribution in [2.45, 2.75) is 83.9 Å². The van der Waals surface area contributed by atoms with Gasteiger partial charge in [0.25, 0.3) is 0 Å². The molecule has 0 unspecified atom stereocenters. The number of carboxylic acids is 1. The monoisotopic (exact) mass is 365 g/mol. The molecule has 0 saturated heterocycles. The van der Waals surface area contributed by atoms with Crippen LogP contribution in [0.4, 0.5) is 4.79 Å². The molecule has 26 heavy (non-hydrogen) atoms. The molecule has 2 rings (SSSR count). The van der Waals surface area contributed by atoms with Crippen molar-refractivity contribution in [3.8, 4) is 0 Å². The molecule has 1 aromatic rings. The zero-order valence-corrected chi connectivity index (χ0v) is 16.0. The quantitative estimate of drug-likeness (QED) is 0.773. The largest absolute Gasteiger partial charge is 0.480 e. The van der Waals surface area contributed by atoms with Gasteiger partial charge in [0.1, 0.15) is 11.6 Å². The third kappa shape index (κ3) is 7.06. The van der Waals surface area contributed by atoms with Gasteiger partial charge in [-0.3, -0.25) is 0 Å². The normalized spacial score (nSPS) is 16.9. The van der Waals surface area contributed by atoms with E-state index in [0.29, 0.717) is 5.69 Å². The lowest BCUT2D eigenvalue weighted by Gasteiger charge is -2.21. The van der Waals surface area contributed by atoms with E-state index >= 15 is 0 Å². The van der Waals surface area contributed by atoms with Crippen LogP contribution >= 0.6 is 0 Å². The number of amides is 1. The average Bonchev–Trinajstić information content (AvgIpc) is 2.99. The highest BCUT2D eigenvalue weighted by Gasteiger charge is 2.25. The van der Waals surface area contributed by atoms with Crippen molar-refractivity contribution < 1.29 is 19.4 Å². The molecular weight excluding hydrogens is 334 g/mol. The third-order valence-corrected chi connectivity index (χ3v) is 4.61. The molecule has 0 bridgehead atoms. The molecule has 0 aromatic carbocycles. The van der Waals surface area contributed by atoms with E-state index in [-0.39, 0.29) is 6.42 Å². The number of nitrogens with one attached hydrogen (secondary N) is 1. The third-order valence-electron chi connectivity index (χ3n) is 4.61. The summed E-state index contributed by atoms with van der Waals surface area (Å²) >= 11 is 0. The molecule has 2 N–H and O–H groups in total. The summed E-state index contributed by atoms with van der Waals surface area (Å²) in [5.41, 5.74) is -0.0227. The van der Waals surface area contributed by atoms with Crippen LogP contribution in [0.3, 0.4) is 0 Å². The van der Waals surface area contributed by atoms with Crippen LogP contribution < -0.4 is 5.32 Å². The molecule has 146 valence electrons. The van der Waals surface area contributed by atoms with Crippen molar-refractivity contribution in [3.05, 3.63) is 18.2 Å². The van der Waals surface area contributed by atoms with Crippen molar-refractivity contribution in [3.63, 3.8) is 0 Å². The molecule has 0 aliphatic heterocycles. The Balaban J connectivity index is 1.85. The van der Waals surface area contributed by atoms with Crippen LogP contribution in [0.5, 0.6) is 0 Å². The van der Waals surface area contributed by atoms with Crippen molar-refractivity contribution in [2.75, 3.05) is 0 Å². The van der Waals surface area contributed by atoms with Gasteiger partial charge < -0.3 is 19.7 Å². The minimum atomic E-state index is -1.10. The Hall–Kier alpha value is -2.05. The predicted octanol–water partition coefficient (Wildman–Crippen LogP) is 3.37. The molecule has 7 nitrogen and oxygen atoms in total. The van der Waals surface area contributed by atoms with Gasteiger partial charge >= 0.3 is 12.1 Å². The van der Waals surface area contributed by atoms with Crippen LogP contribution in [-0.2, 0) is 22.5 Å². The molecule has 1 amide bonds. The number of aryl methyl sites for hydroxylation is 1. The summed E-state index contributed by atoms with van der Waals surface area (Å²) in [6, 6.07) is -1.06. The Labute approximate surface area is 155 Å². The second-order valence-electron chi connectivity index (χ2n) is 8.14. The summed E-state index contributed by atoms with van der Waals surface area (Å²) in [7, 11) is 0. The first-order valence-electron chi connectivity index (χ1n) is 9.46. The number of imidazole rings is 1. The van der Waals surface area contributed by atoms with E-state index < -0.39 is 23.7 Å². The lowest BCUT2D eigenvalue weighted by Crippen LogP contribution is -2.44. The van der Waals surface area contributed by atoms with Crippen LogP contribution in [0.1, 0.15) is 65.0 Å². The lowest BCUT2D eigenvalue weighted by molar-refractivity contribution is -0.139.